The first-order valence-electron chi connectivity index (χ1n) is 6.11. The second kappa shape index (κ2) is 6.93. The minimum absolute atomic E-state index is 0. The Labute approximate surface area is 105 Å². The van der Waals surface area contributed by atoms with Crippen molar-refractivity contribution in [3.63, 3.8) is 0 Å². The Morgan fingerprint density at radius 2 is 2.00 bits per heavy atom. The Morgan fingerprint density at radius 3 is 2.69 bits per heavy atom. The van der Waals surface area contributed by atoms with Crippen molar-refractivity contribution in [2.45, 2.75) is 32.6 Å². The van der Waals surface area contributed by atoms with Crippen molar-refractivity contribution in [2.24, 2.45) is 5.92 Å². The summed E-state index contributed by atoms with van der Waals surface area (Å²) in [6.45, 7) is 4.62. The van der Waals surface area contributed by atoms with Gasteiger partial charge in [-0.05, 0) is 57.2 Å². The Morgan fingerprint density at radius 1 is 1.25 bits per heavy atom. The number of nitrogens with one attached hydrogen (secondary N) is 1. The molecule has 1 aromatic rings. The van der Waals surface area contributed by atoms with E-state index in [1.54, 1.807) is 0 Å². The van der Waals surface area contributed by atoms with Crippen molar-refractivity contribution >= 4 is 12.4 Å². The van der Waals surface area contributed by atoms with Crippen LogP contribution in [0.15, 0.2) is 24.3 Å². The van der Waals surface area contributed by atoms with E-state index in [0.29, 0.717) is 0 Å². The lowest BCUT2D eigenvalue weighted by Gasteiger charge is -2.22. The SMILES string of the molecule is Cc1cccc(CCC2CCNCC2)c1.Cl. The molecule has 1 N–H and O–H groups in total. The molecule has 90 valence electrons. The van der Waals surface area contributed by atoms with Crippen molar-refractivity contribution < 1.29 is 0 Å². The smallest absolute Gasteiger partial charge is 0.00463 e. The van der Waals surface area contributed by atoms with Crippen LogP contribution in [0.4, 0.5) is 0 Å². The van der Waals surface area contributed by atoms with Crippen molar-refractivity contribution in [2.75, 3.05) is 13.1 Å². The molecule has 1 fully saturated rings. The molecule has 0 radical (unpaired) electrons. The predicted octanol–water partition coefficient (Wildman–Crippen LogP) is 3.35. The quantitative estimate of drug-likeness (QED) is 0.853. The van der Waals surface area contributed by atoms with E-state index in [9.17, 15) is 0 Å². The van der Waals surface area contributed by atoms with E-state index in [0.717, 1.165) is 5.92 Å². The van der Waals surface area contributed by atoms with Crippen molar-refractivity contribution in [3.8, 4) is 0 Å². The summed E-state index contributed by atoms with van der Waals surface area (Å²) in [5.74, 6) is 0.951. The molecule has 1 saturated heterocycles. The van der Waals surface area contributed by atoms with Crippen LogP contribution in [0.5, 0.6) is 0 Å². The highest BCUT2D eigenvalue weighted by Gasteiger charge is 2.12. The summed E-state index contributed by atoms with van der Waals surface area (Å²) in [7, 11) is 0. The summed E-state index contributed by atoms with van der Waals surface area (Å²) in [6, 6.07) is 8.93. The zero-order valence-corrected chi connectivity index (χ0v) is 10.9. The molecule has 1 aliphatic rings. The van der Waals surface area contributed by atoms with Gasteiger partial charge in [0.05, 0.1) is 0 Å². The van der Waals surface area contributed by atoms with Crippen LogP contribution in [-0.4, -0.2) is 13.1 Å². The van der Waals surface area contributed by atoms with Crippen LogP contribution in [-0.2, 0) is 6.42 Å². The minimum Gasteiger partial charge on any atom is -0.317 e. The summed E-state index contributed by atoms with van der Waals surface area (Å²) in [4.78, 5) is 0. The van der Waals surface area contributed by atoms with Crippen LogP contribution in [0.1, 0.15) is 30.4 Å². The van der Waals surface area contributed by atoms with Gasteiger partial charge in [-0.3, -0.25) is 0 Å². The van der Waals surface area contributed by atoms with Crippen molar-refractivity contribution in [1.82, 2.24) is 5.32 Å². The fourth-order valence-corrected chi connectivity index (χ4v) is 2.41. The topological polar surface area (TPSA) is 12.0 Å². The Bertz CT molecular complexity index is 305. The summed E-state index contributed by atoms with van der Waals surface area (Å²) in [5.41, 5.74) is 2.89. The number of aryl methyl sites for hydroxylation is 2. The highest BCUT2D eigenvalue weighted by Crippen LogP contribution is 2.18. The molecule has 0 unspecified atom stereocenters. The number of rotatable bonds is 3. The number of benzene rings is 1. The molecule has 0 bridgehead atoms. The molecule has 2 rings (SSSR count). The second-order valence-corrected chi connectivity index (χ2v) is 4.72. The first-order chi connectivity index (χ1) is 7.34. The fourth-order valence-electron chi connectivity index (χ4n) is 2.41. The van der Waals surface area contributed by atoms with Gasteiger partial charge in [0.1, 0.15) is 0 Å². The normalized spacial score (nSPS) is 16.8. The average Bonchev–Trinajstić information content (AvgIpc) is 2.28. The van der Waals surface area contributed by atoms with Crippen LogP contribution < -0.4 is 5.32 Å². The van der Waals surface area contributed by atoms with Crippen LogP contribution in [0, 0.1) is 12.8 Å². The zero-order valence-electron chi connectivity index (χ0n) is 10.0. The number of piperidine rings is 1. The van der Waals surface area contributed by atoms with E-state index >= 15 is 0 Å². The van der Waals surface area contributed by atoms with Gasteiger partial charge >= 0.3 is 0 Å². The third-order valence-corrected chi connectivity index (χ3v) is 3.38. The molecule has 0 atom stereocenters. The molecule has 0 saturated carbocycles. The third-order valence-electron chi connectivity index (χ3n) is 3.38. The molecule has 1 aliphatic heterocycles. The average molecular weight is 240 g/mol. The van der Waals surface area contributed by atoms with Gasteiger partial charge in [-0.25, -0.2) is 0 Å². The maximum Gasteiger partial charge on any atom is -0.00463 e. The van der Waals surface area contributed by atoms with E-state index in [-0.39, 0.29) is 12.4 Å². The van der Waals surface area contributed by atoms with E-state index in [4.69, 9.17) is 0 Å². The molecule has 1 aromatic carbocycles. The van der Waals surface area contributed by atoms with Crippen LogP contribution in [0.25, 0.3) is 0 Å². The molecule has 1 nitrogen and oxygen atoms in total. The number of hydrogen-bond acceptors (Lipinski definition) is 1. The summed E-state index contributed by atoms with van der Waals surface area (Å²) in [5, 5.41) is 3.42. The number of halogens is 1. The molecular weight excluding hydrogens is 218 g/mol. The van der Waals surface area contributed by atoms with E-state index in [1.165, 1.54) is 49.9 Å². The summed E-state index contributed by atoms with van der Waals surface area (Å²) >= 11 is 0. The van der Waals surface area contributed by atoms with Crippen LogP contribution in [0.2, 0.25) is 0 Å². The third kappa shape index (κ3) is 4.15. The molecule has 0 aromatic heterocycles. The predicted molar refractivity (Wildman–Crippen MR) is 72.3 cm³/mol. The lowest BCUT2D eigenvalue weighted by atomic mass is 9.91. The van der Waals surface area contributed by atoms with Gasteiger partial charge in [-0.1, -0.05) is 29.8 Å². The molecule has 0 spiro atoms. The standard InChI is InChI=1S/C14H21N.ClH/c1-12-3-2-4-14(11-12)6-5-13-7-9-15-10-8-13;/h2-4,11,13,15H,5-10H2,1H3;1H. The van der Waals surface area contributed by atoms with Gasteiger partial charge in [-0.15, -0.1) is 12.4 Å². The van der Waals surface area contributed by atoms with Gasteiger partial charge in [0.25, 0.3) is 0 Å². The minimum atomic E-state index is 0. The largest absolute Gasteiger partial charge is 0.317 e. The number of hydrogen-bond donors (Lipinski definition) is 1. The van der Waals surface area contributed by atoms with Crippen LogP contribution in [0.3, 0.4) is 0 Å². The Hall–Kier alpha value is -0.530. The van der Waals surface area contributed by atoms with E-state index in [1.807, 2.05) is 0 Å². The van der Waals surface area contributed by atoms with Gasteiger partial charge in [0.15, 0.2) is 0 Å². The van der Waals surface area contributed by atoms with Gasteiger partial charge in [-0.2, -0.15) is 0 Å². The van der Waals surface area contributed by atoms with Gasteiger partial charge < -0.3 is 5.32 Å². The molecule has 16 heavy (non-hydrogen) atoms. The van der Waals surface area contributed by atoms with Crippen molar-refractivity contribution in [1.29, 1.82) is 0 Å². The molecule has 1 heterocycles. The lowest BCUT2D eigenvalue weighted by molar-refractivity contribution is 0.354. The molecular formula is C14H22ClN. The fraction of sp³-hybridized carbons (Fsp3) is 0.571. The van der Waals surface area contributed by atoms with E-state index in [2.05, 4.69) is 36.5 Å². The first kappa shape index (κ1) is 13.5. The maximum absolute atomic E-state index is 3.42. The monoisotopic (exact) mass is 239 g/mol. The summed E-state index contributed by atoms with van der Waals surface area (Å²) < 4.78 is 0. The van der Waals surface area contributed by atoms with Gasteiger partial charge in [0, 0.05) is 0 Å². The molecule has 0 aliphatic carbocycles. The van der Waals surface area contributed by atoms with Crippen molar-refractivity contribution in [3.05, 3.63) is 35.4 Å². The summed E-state index contributed by atoms with van der Waals surface area (Å²) in [6.07, 6.45) is 5.36. The zero-order chi connectivity index (χ0) is 10.5. The highest BCUT2D eigenvalue weighted by atomic mass is 35.5. The van der Waals surface area contributed by atoms with Crippen LogP contribution >= 0.6 is 12.4 Å². The first-order valence-corrected chi connectivity index (χ1v) is 6.11. The molecule has 2 heteroatoms. The van der Waals surface area contributed by atoms with E-state index < -0.39 is 0 Å². The lowest BCUT2D eigenvalue weighted by Crippen LogP contribution is -2.27. The highest BCUT2D eigenvalue weighted by molar-refractivity contribution is 5.85. The maximum atomic E-state index is 3.42. The molecule has 0 amide bonds. The Balaban J connectivity index is 0.00000128. The second-order valence-electron chi connectivity index (χ2n) is 4.72. The Kier molecular flexibility index (Phi) is 5.86. The van der Waals surface area contributed by atoms with Gasteiger partial charge in [0.2, 0.25) is 0 Å².